The first-order valence-electron chi connectivity index (χ1n) is 8.21. The summed E-state index contributed by atoms with van der Waals surface area (Å²) in [6, 6.07) is 7.98. The summed E-state index contributed by atoms with van der Waals surface area (Å²) in [5.41, 5.74) is 5.06. The minimum atomic E-state index is 0.133. The number of rotatable bonds is 5. The van der Waals surface area contributed by atoms with Crippen molar-refractivity contribution in [1.29, 1.82) is 0 Å². The predicted octanol–water partition coefficient (Wildman–Crippen LogP) is 4.12. The molecule has 3 fully saturated rings. The minimum Gasteiger partial charge on any atom is -0.273 e. The number of carbonyl (C=O) groups is 1. The van der Waals surface area contributed by atoms with Crippen LogP contribution >= 0.6 is 15.9 Å². The zero-order chi connectivity index (χ0) is 15.3. The highest BCUT2D eigenvalue weighted by Gasteiger charge is 2.70. The van der Waals surface area contributed by atoms with Gasteiger partial charge in [-0.2, -0.15) is 5.10 Å². The second-order valence-corrected chi connectivity index (χ2v) is 8.02. The molecule has 1 amide bonds. The van der Waals surface area contributed by atoms with Gasteiger partial charge >= 0.3 is 0 Å². The number of benzene rings is 1. The van der Waals surface area contributed by atoms with Crippen LogP contribution in [0, 0.1) is 23.2 Å². The topological polar surface area (TPSA) is 41.5 Å². The molecule has 0 spiro atoms. The van der Waals surface area contributed by atoms with Crippen molar-refractivity contribution in [2.24, 2.45) is 28.3 Å². The summed E-state index contributed by atoms with van der Waals surface area (Å²) in [6.07, 6.45) is 6.43. The van der Waals surface area contributed by atoms with Gasteiger partial charge in [-0.25, -0.2) is 5.43 Å². The molecule has 0 saturated heterocycles. The van der Waals surface area contributed by atoms with Crippen LogP contribution in [0.5, 0.6) is 0 Å². The molecule has 116 valence electrons. The van der Waals surface area contributed by atoms with E-state index in [1.165, 1.54) is 25.7 Å². The van der Waals surface area contributed by atoms with E-state index in [0.717, 1.165) is 34.0 Å². The first-order valence-corrected chi connectivity index (χ1v) is 9.00. The van der Waals surface area contributed by atoms with Gasteiger partial charge in [-0.3, -0.25) is 4.79 Å². The molecule has 0 unspecified atom stereocenters. The Kier molecular flexibility index (Phi) is 3.40. The van der Waals surface area contributed by atoms with E-state index in [0.29, 0.717) is 5.41 Å². The van der Waals surface area contributed by atoms with Crippen LogP contribution in [0.4, 0.5) is 0 Å². The number of nitrogens with one attached hydrogen (secondary N) is 1. The van der Waals surface area contributed by atoms with E-state index in [9.17, 15) is 4.79 Å². The van der Waals surface area contributed by atoms with E-state index in [1.807, 2.05) is 31.2 Å². The fourth-order valence-corrected chi connectivity index (χ4v) is 4.50. The quantitative estimate of drug-likeness (QED) is 0.622. The first kappa shape index (κ1) is 14.4. The number of hydrogen-bond donors (Lipinski definition) is 1. The number of amides is 1. The van der Waals surface area contributed by atoms with Gasteiger partial charge < -0.3 is 0 Å². The Hall–Kier alpha value is -1.16. The van der Waals surface area contributed by atoms with E-state index in [-0.39, 0.29) is 11.8 Å². The van der Waals surface area contributed by atoms with E-state index < -0.39 is 0 Å². The number of halogens is 1. The lowest BCUT2D eigenvalue weighted by Crippen LogP contribution is -2.25. The van der Waals surface area contributed by atoms with Crippen molar-refractivity contribution in [3.63, 3.8) is 0 Å². The predicted molar refractivity (Wildman–Crippen MR) is 90.5 cm³/mol. The number of carbonyl (C=O) groups excluding carboxylic acids is 1. The SMILES string of the molecule is C/C(=N/NC(=O)[C@H]1CC1(C1CC1)C1CC1)c1cccc(Br)c1. The summed E-state index contributed by atoms with van der Waals surface area (Å²) in [5.74, 6) is 2.00. The fourth-order valence-electron chi connectivity index (χ4n) is 4.10. The minimum absolute atomic E-state index is 0.133. The molecule has 3 aliphatic carbocycles. The van der Waals surface area contributed by atoms with Crippen molar-refractivity contribution >= 4 is 27.5 Å². The van der Waals surface area contributed by atoms with Crippen LogP contribution in [0.25, 0.3) is 0 Å². The monoisotopic (exact) mass is 360 g/mol. The van der Waals surface area contributed by atoms with Crippen molar-refractivity contribution in [3.8, 4) is 0 Å². The highest BCUT2D eigenvalue weighted by Crippen LogP contribution is 2.74. The second kappa shape index (κ2) is 5.19. The first-order chi connectivity index (χ1) is 10.6. The van der Waals surface area contributed by atoms with Gasteiger partial charge in [-0.15, -0.1) is 0 Å². The van der Waals surface area contributed by atoms with Crippen LogP contribution in [-0.2, 0) is 4.79 Å². The lowest BCUT2D eigenvalue weighted by molar-refractivity contribution is -0.123. The van der Waals surface area contributed by atoms with Gasteiger partial charge in [0.05, 0.1) is 5.71 Å². The molecular weight excluding hydrogens is 340 g/mol. The van der Waals surface area contributed by atoms with Crippen molar-refractivity contribution < 1.29 is 4.79 Å². The van der Waals surface area contributed by atoms with E-state index in [2.05, 4.69) is 26.5 Å². The number of hydrazone groups is 1. The van der Waals surface area contributed by atoms with Gasteiger partial charge in [0, 0.05) is 10.4 Å². The largest absolute Gasteiger partial charge is 0.273 e. The van der Waals surface area contributed by atoms with Crippen molar-refractivity contribution in [2.45, 2.75) is 39.0 Å². The van der Waals surface area contributed by atoms with Crippen LogP contribution in [0.2, 0.25) is 0 Å². The van der Waals surface area contributed by atoms with E-state index in [1.54, 1.807) is 0 Å². The summed E-state index contributed by atoms with van der Waals surface area (Å²) < 4.78 is 1.02. The molecule has 0 aliphatic heterocycles. The highest BCUT2D eigenvalue weighted by molar-refractivity contribution is 9.10. The Morgan fingerprint density at radius 1 is 1.27 bits per heavy atom. The Morgan fingerprint density at radius 2 is 1.95 bits per heavy atom. The number of nitrogens with zero attached hydrogens (tertiary/aromatic N) is 1. The maximum absolute atomic E-state index is 12.5. The fraction of sp³-hybridized carbons (Fsp3) is 0.556. The van der Waals surface area contributed by atoms with Gasteiger partial charge in [0.2, 0.25) is 5.91 Å². The number of hydrogen-bond acceptors (Lipinski definition) is 2. The van der Waals surface area contributed by atoms with Gasteiger partial charge in [-0.05, 0) is 74.0 Å². The third-order valence-corrected chi connectivity index (χ3v) is 6.11. The average Bonchev–Trinajstić information content (AvgIpc) is 3.38. The molecule has 1 aromatic carbocycles. The molecule has 0 heterocycles. The average molecular weight is 361 g/mol. The summed E-state index contributed by atoms with van der Waals surface area (Å²) in [6.45, 7) is 1.93. The van der Waals surface area contributed by atoms with Gasteiger partial charge in [0.15, 0.2) is 0 Å². The molecule has 22 heavy (non-hydrogen) atoms. The molecule has 0 radical (unpaired) electrons. The maximum Gasteiger partial charge on any atom is 0.243 e. The molecule has 1 atom stereocenters. The summed E-state index contributed by atoms with van der Waals surface area (Å²) in [4.78, 5) is 12.5. The zero-order valence-electron chi connectivity index (χ0n) is 12.8. The van der Waals surface area contributed by atoms with E-state index >= 15 is 0 Å². The molecule has 3 aliphatic rings. The lowest BCUT2D eigenvalue weighted by Gasteiger charge is -2.14. The normalized spacial score (nSPS) is 26.6. The molecule has 0 bridgehead atoms. The van der Waals surface area contributed by atoms with Crippen LogP contribution in [0.1, 0.15) is 44.6 Å². The maximum atomic E-state index is 12.5. The Morgan fingerprint density at radius 3 is 2.55 bits per heavy atom. The molecule has 4 rings (SSSR count). The van der Waals surface area contributed by atoms with Crippen LogP contribution in [0.15, 0.2) is 33.8 Å². The van der Waals surface area contributed by atoms with Gasteiger partial charge in [0.1, 0.15) is 0 Å². The van der Waals surface area contributed by atoms with Crippen LogP contribution in [0.3, 0.4) is 0 Å². The third-order valence-electron chi connectivity index (χ3n) is 5.61. The Balaban J connectivity index is 1.41. The smallest absolute Gasteiger partial charge is 0.243 e. The molecule has 3 saturated carbocycles. The van der Waals surface area contributed by atoms with Crippen LogP contribution < -0.4 is 5.43 Å². The van der Waals surface area contributed by atoms with Gasteiger partial charge in [-0.1, -0.05) is 28.1 Å². The second-order valence-electron chi connectivity index (χ2n) is 7.10. The standard InChI is InChI=1S/C18H21BrN2O/c1-11(12-3-2-4-15(19)9-12)20-21-17(22)16-10-18(16,13-5-6-13)14-7-8-14/h2-4,9,13-14,16H,5-8,10H2,1H3,(H,21,22)/b20-11-/t16-/m1/s1. The molecule has 4 heteroatoms. The molecule has 1 N–H and O–H groups in total. The molecule has 3 nitrogen and oxygen atoms in total. The zero-order valence-corrected chi connectivity index (χ0v) is 14.4. The summed E-state index contributed by atoms with van der Waals surface area (Å²) in [5, 5.41) is 4.32. The molecular formula is C18H21BrN2O. The van der Waals surface area contributed by atoms with Crippen LogP contribution in [-0.4, -0.2) is 11.6 Å². The highest BCUT2D eigenvalue weighted by atomic mass is 79.9. The summed E-state index contributed by atoms with van der Waals surface area (Å²) in [7, 11) is 0. The van der Waals surface area contributed by atoms with Gasteiger partial charge in [0.25, 0.3) is 0 Å². The Labute approximate surface area is 139 Å². The molecule has 0 aromatic heterocycles. The van der Waals surface area contributed by atoms with E-state index in [4.69, 9.17) is 0 Å². The summed E-state index contributed by atoms with van der Waals surface area (Å²) >= 11 is 3.46. The molecule has 1 aromatic rings. The van der Waals surface area contributed by atoms with Crippen molar-refractivity contribution in [3.05, 3.63) is 34.3 Å². The van der Waals surface area contributed by atoms with Crippen molar-refractivity contribution in [2.75, 3.05) is 0 Å². The lowest BCUT2D eigenvalue weighted by atomic mass is 9.91. The van der Waals surface area contributed by atoms with Crippen molar-refractivity contribution in [1.82, 2.24) is 5.43 Å². The Bertz CT molecular complexity index is 634. The third kappa shape index (κ3) is 2.51.